The van der Waals surface area contributed by atoms with Crippen molar-refractivity contribution >= 4 is 27.8 Å². The number of benzene rings is 1. The van der Waals surface area contributed by atoms with Gasteiger partial charge in [-0.15, -0.1) is 0 Å². The number of nitrogens with one attached hydrogen (secondary N) is 2. The molecule has 0 aliphatic heterocycles. The second-order valence-electron chi connectivity index (χ2n) is 6.73. The number of carbonyl (C=O) groups excluding carboxylic acids is 1. The van der Waals surface area contributed by atoms with E-state index in [9.17, 15) is 4.79 Å². The van der Waals surface area contributed by atoms with Crippen LogP contribution in [-0.2, 0) is 0 Å². The van der Waals surface area contributed by atoms with Gasteiger partial charge in [0, 0.05) is 59.9 Å². The van der Waals surface area contributed by atoms with E-state index in [0.29, 0.717) is 5.56 Å². The molecule has 1 amide bonds. The highest BCUT2D eigenvalue weighted by Crippen LogP contribution is 2.33. The first-order valence-electron chi connectivity index (χ1n) is 9.23. The van der Waals surface area contributed by atoms with Crippen molar-refractivity contribution in [3.05, 3.63) is 79.0 Å². The van der Waals surface area contributed by atoms with E-state index in [2.05, 4.69) is 31.3 Å². The van der Waals surface area contributed by atoms with Crippen molar-refractivity contribution in [3.63, 3.8) is 0 Å². The van der Waals surface area contributed by atoms with Gasteiger partial charge in [-0.2, -0.15) is 0 Å². The summed E-state index contributed by atoms with van der Waals surface area (Å²) in [6.07, 6.45) is 8.93. The van der Waals surface area contributed by atoms with E-state index < -0.39 is 0 Å². The molecule has 0 radical (unpaired) electrons. The van der Waals surface area contributed by atoms with E-state index in [1.807, 2.05) is 55.0 Å². The summed E-state index contributed by atoms with van der Waals surface area (Å²) >= 11 is 0. The van der Waals surface area contributed by atoms with E-state index in [1.54, 1.807) is 19.4 Å². The molecule has 0 fully saturated rings. The molecule has 0 saturated carbocycles. The van der Waals surface area contributed by atoms with Gasteiger partial charge in [-0.1, -0.05) is 12.1 Å². The standard InChI is InChI=1S/C23H17N5O/c1-24-23(29)16-10-19-20(13-28-22(19)27-12-16)14-4-5-21-18(9-14)17(6-8-26-21)15-3-2-7-25-11-15/h2-13H,1H3,(H,24,29)(H,27,28). The highest BCUT2D eigenvalue weighted by atomic mass is 16.1. The minimum atomic E-state index is -0.159. The second kappa shape index (κ2) is 6.83. The average Bonchev–Trinajstić information content (AvgIpc) is 3.21. The molecule has 6 nitrogen and oxygen atoms in total. The first-order chi connectivity index (χ1) is 14.2. The molecule has 140 valence electrons. The molecule has 0 unspecified atom stereocenters. The van der Waals surface area contributed by atoms with Crippen LogP contribution in [0.5, 0.6) is 0 Å². The largest absolute Gasteiger partial charge is 0.355 e. The first kappa shape index (κ1) is 17.1. The first-order valence-corrected chi connectivity index (χ1v) is 9.23. The van der Waals surface area contributed by atoms with Crippen molar-refractivity contribution in [1.82, 2.24) is 25.3 Å². The molecular formula is C23H17N5O. The molecule has 2 N–H and O–H groups in total. The van der Waals surface area contributed by atoms with Crippen LogP contribution in [0.2, 0.25) is 0 Å². The lowest BCUT2D eigenvalue weighted by molar-refractivity contribution is 0.0963. The van der Waals surface area contributed by atoms with Gasteiger partial charge >= 0.3 is 0 Å². The molecule has 0 aliphatic carbocycles. The van der Waals surface area contributed by atoms with Gasteiger partial charge in [-0.25, -0.2) is 4.98 Å². The molecule has 5 rings (SSSR count). The minimum absolute atomic E-state index is 0.159. The summed E-state index contributed by atoms with van der Waals surface area (Å²) in [4.78, 5) is 28.4. The molecule has 0 bridgehead atoms. The topological polar surface area (TPSA) is 83.6 Å². The maximum absolute atomic E-state index is 12.0. The number of aromatic amines is 1. The zero-order valence-electron chi connectivity index (χ0n) is 15.7. The lowest BCUT2D eigenvalue weighted by atomic mass is 9.98. The number of hydrogen-bond donors (Lipinski definition) is 2. The summed E-state index contributed by atoms with van der Waals surface area (Å²) in [5, 5.41) is 4.59. The van der Waals surface area contributed by atoms with Gasteiger partial charge in [0.05, 0.1) is 11.1 Å². The number of nitrogens with zero attached hydrogens (tertiary/aromatic N) is 3. The molecule has 5 aromatic rings. The fourth-order valence-corrected chi connectivity index (χ4v) is 3.60. The van der Waals surface area contributed by atoms with Crippen LogP contribution < -0.4 is 5.32 Å². The quantitative estimate of drug-likeness (QED) is 0.492. The van der Waals surface area contributed by atoms with Crippen LogP contribution >= 0.6 is 0 Å². The van der Waals surface area contributed by atoms with Gasteiger partial charge in [0.1, 0.15) is 5.65 Å². The number of carbonyl (C=O) groups is 1. The molecule has 0 spiro atoms. The number of amides is 1. The Balaban J connectivity index is 1.71. The zero-order valence-corrected chi connectivity index (χ0v) is 15.7. The van der Waals surface area contributed by atoms with Crippen molar-refractivity contribution in [2.45, 2.75) is 0 Å². The normalized spacial score (nSPS) is 11.1. The smallest absolute Gasteiger partial charge is 0.252 e. The summed E-state index contributed by atoms with van der Waals surface area (Å²) in [6.45, 7) is 0. The minimum Gasteiger partial charge on any atom is -0.355 e. The van der Waals surface area contributed by atoms with Gasteiger partial charge in [-0.3, -0.25) is 14.8 Å². The van der Waals surface area contributed by atoms with Crippen LogP contribution in [0.1, 0.15) is 10.4 Å². The Labute approximate surface area is 166 Å². The number of H-pyrrole nitrogens is 1. The molecule has 4 aromatic heterocycles. The van der Waals surface area contributed by atoms with Gasteiger partial charge < -0.3 is 10.3 Å². The Morgan fingerprint density at radius 3 is 2.69 bits per heavy atom. The van der Waals surface area contributed by atoms with Crippen LogP contribution in [-0.4, -0.2) is 32.9 Å². The summed E-state index contributed by atoms with van der Waals surface area (Å²) in [7, 11) is 1.61. The number of fused-ring (bicyclic) bond motifs is 2. The summed E-state index contributed by atoms with van der Waals surface area (Å²) in [5.74, 6) is -0.159. The molecule has 0 aliphatic rings. The molecule has 29 heavy (non-hydrogen) atoms. The SMILES string of the molecule is CNC(=O)c1cnc2[nH]cc(-c3ccc4nccc(-c5cccnc5)c4c3)c2c1. The maximum atomic E-state index is 12.0. The lowest BCUT2D eigenvalue weighted by Gasteiger charge is -2.08. The van der Waals surface area contributed by atoms with Crippen molar-refractivity contribution in [2.75, 3.05) is 7.05 Å². The second-order valence-corrected chi connectivity index (χ2v) is 6.73. The van der Waals surface area contributed by atoms with E-state index in [1.165, 1.54) is 0 Å². The fraction of sp³-hybridized carbons (Fsp3) is 0.0435. The third kappa shape index (κ3) is 2.91. The molecular weight excluding hydrogens is 362 g/mol. The predicted molar refractivity (Wildman–Crippen MR) is 113 cm³/mol. The Morgan fingerprint density at radius 1 is 0.931 bits per heavy atom. The Kier molecular flexibility index (Phi) is 4.02. The number of hydrogen-bond acceptors (Lipinski definition) is 4. The van der Waals surface area contributed by atoms with Crippen LogP contribution in [0.3, 0.4) is 0 Å². The number of rotatable bonds is 3. The Bertz CT molecular complexity index is 1360. The number of aromatic nitrogens is 4. The van der Waals surface area contributed by atoms with Crippen molar-refractivity contribution in [3.8, 4) is 22.3 Å². The van der Waals surface area contributed by atoms with Crippen molar-refractivity contribution in [2.24, 2.45) is 0 Å². The third-order valence-electron chi connectivity index (χ3n) is 5.05. The summed E-state index contributed by atoms with van der Waals surface area (Å²) in [5.41, 5.74) is 6.32. The molecule has 4 heterocycles. The van der Waals surface area contributed by atoms with Crippen LogP contribution in [0.15, 0.2) is 73.4 Å². The molecule has 1 aromatic carbocycles. The van der Waals surface area contributed by atoms with Gasteiger partial charge in [0.25, 0.3) is 5.91 Å². The zero-order chi connectivity index (χ0) is 19.8. The highest BCUT2D eigenvalue weighted by molar-refractivity contribution is 6.03. The van der Waals surface area contributed by atoms with Crippen molar-refractivity contribution in [1.29, 1.82) is 0 Å². The summed E-state index contributed by atoms with van der Waals surface area (Å²) < 4.78 is 0. The maximum Gasteiger partial charge on any atom is 0.252 e. The van der Waals surface area contributed by atoms with E-state index in [4.69, 9.17) is 0 Å². The van der Waals surface area contributed by atoms with Gasteiger partial charge in [-0.05, 0) is 41.5 Å². The lowest BCUT2D eigenvalue weighted by Crippen LogP contribution is -2.17. The van der Waals surface area contributed by atoms with E-state index in [0.717, 1.165) is 44.2 Å². The van der Waals surface area contributed by atoms with Crippen LogP contribution in [0.25, 0.3) is 44.2 Å². The van der Waals surface area contributed by atoms with Crippen LogP contribution in [0.4, 0.5) is 0 Å². The third-order valence-corrected chi connectivity index (χ3v) is 5.05. The monoisotopic (exact) mass is 379 g/mol. The van der Waals surface area contributed by atoms with Gasteiger partial charge in [0.2, 0.25) is 0 Å². The van der Waals surface area contributed by atoms with Crippen LogP contribution in [0, 0.1) is 0 Å². The van der Waals surface area contributed by atoms with Crippen molar-refractivity contribution < 1.29 is 4.79 Å². The molecule has 0 saturated heterocycles. The fourth-order valence-electron chi connectivity index (χ4n) is 3.60. The Hall–Kier alpha value is -4.06. The molecule has 0 atom stereocenters. The average molecular weight is 379 g/mol. The van der Waals surface area contributed by atoms with E-state index in [-0.39, 0.29) is 5.91 Å². The number of pyridine rings is 3. The Morgan fingerprint density at radius 2 is 1.86 bits per heavy atom. The van der Waals surface area contributed by atoms with Gasteiger partial charge in [0.15, 0.2) is 0 Å². The predicted octanol–water partition coefficient (Wildman–Crippen LogP) is 4.20. The summed E-state index contributed by atoms with van der Waals surface area (Å²) in [6, 6.07) is 14.0. The highest BCUT2D eigenvalue weighted by Gasteiger charge is 2.13. The van der Waals surface area contributed by atoms with E-state index >= 15 is 0 Å². The molecule has 6 heteroatoms.